The third kappa shape index (κ3) is 4.59. The van der Waals surface area contributed by atoms with Gasteiger partial charge in [0.2, 0.25) is 0 Å². The summed E-state index contributed by atoms with van der Waals surface area (Å²) < 4.78 is 11.9. The molecule has 2 heterocycles. The minimum absolute atomic E-state index is 0.219. The van der Waals surface area contributed by atoms with Crippen LogP contribution < -0.4 is 5.56 Å². The Hall–Kier alpha value is -3.00. The predicted molar refractivity (Wildman–Crippen MR) is 115 cm³/mol. The number of ether oxygens (including phenoxy) is 2. The standard InChI is InChI=1S/C22H24N2O5S/c1-5-10-28-21(26)16-8-6-15(7-9-16)11-24-12-23-19-17(20(24)25)14(4)18(30-19)22(27)29-13(2)3/h6-9,12-13H,5,10-11H2,1-4H3. The first kappa shape index (κ1) is 21.7. The van der Waals surface area contributed by atoms with Crippen LogP contribution >= 0.6 is 11.3 Å². The zero-order valence-corrected chi connectivity index (χ0v) is 18.2. The molecule has 0 saturated carbocycles. The molecule has 1 aromatic carbocycles. The summed E-state index contributed by atoms with van der Waals surface area (Å²) in [6.45, 7) is 7.91. The van der Waals surface area contributed by atoms with Crippen LogP contribution in [0.3, 0.4) is 0 Å². The van der Waals surface area contributed by atoms with Gasteiger partial charge in [-0.25, -0.2) is 14.6 Å². The maximum Gasteiger partial charge on any atom is 0.348 e. The van der Waals surface area contributed by atoms with Gasteiger partial charge in [0.15, 0.2) is 0 Å². The molecule has 0 bridgehead atoms. The Labute approximate surface area is 178 Å². The van der Waals surface area contributed by atoms with Crippen molar-refractivity contribution in [3.05, 3.63) is 62.5 Å². The molecule has 0 aliphatic carbocycles. The van der Waals surface area contributed by atoms with Crippen LogP contribution in [0.1, 0.15) is 58.3 Å². The summed E-state index contributed by atoms with van der Waals surface area (Å²) in [7, 11) is 0. The van der Waals surface area contributed by atoms with Crippen molar-refractivity contribution >= 4 is 33.5 Å². The second-order valence-electron chi connectivity index (χ2n) is 7.20. The molecule has 3 aromatic rings. The number of aromatic nitrogens is 2. The quantitative estimate of drug-likeness (QED) is 0.530. The van der Waals surface area contributed by atoms with Gasteiger partial charge in [-0.15, -0.1) is 11.3 Å². The van der Waals surface area contributed by atoms with Crippen LogP contribution in [0.2, 0.25) is 0 Å². The van der Waals surface area contributed by atoms with Gasteiger partial charge in [-0.2, -0.15) is 0 Å². The van der Waals surface area contributed by atoms with Crippen LogP contribution in [0.5, 0.6) is 0 Å². The summed E-state index contributed by atoms with van der Waals surface area (Å²) in [5.74, 6) is -0.805. The zero-order valence-electron chi connectivity index (χ0n) is 17.4. The van der Waals surface area contributed by atoms with E-state index >= 15 is 0 Å². The molecule has 0 amide bonds. The van der Waals surface area contributed by atoms with E-state index in [1.165, 1.54) is 10.9 Å². The van der Waals surface area contributed by atoms with Crippen molar-refractivity contribution in [3.8, 4) is 0 Å². The lowest BCUT2D eigenvalue weighted by atomic mass is 10.1. The molecule has 0 unspecified atom stereocenters. The third-order valence-corrected chi connectivity index (χ3v) is 5.61. The molecule has 3 rings (SSSR count). The zero-order chi connectivity index (χ0) is 21.8. The maximum absolute atomic E-state index is 13.0. The average molecular weight is 429 g/mol. The smallest absolute Gasteiger partial charge is 0.348 e. The molecule has 0 fully saturated rings. The molecule has 0 saturated heterocycles. The van der Waals surface area contributed by atoms with E-state index in [0.29, 0.717) is 39.4 Å². The monoisotopic (exact) mass is 428 g/mol. The third-order valence-electron chi connectivity index (χ3n) is 4.43. The van der Waals surface area contributed by atoms with Crippen molar-refractivity contribution in [3.63, 3.8) is 0 Å². The SMILES string of the molecule is CCCOC(=O)c1ccc(Cn2cnc3sc(C(=O)OC(C)C)c(C)c3c2=O)cc1. The highest BCUT2D eigenvalue weighted by Crippen LogP contribution is 2.27. The molecule has 0 radical (unpaired) electrons. The van der Waals surface area contributed by atoms with Gasteiger partial charge in [-0.3, -0.25) is 9.36 Å². The highest BCUT2D eigenvalue weighted by atomic mass is 32.1. The Morgan fingerprint density at radius 2 is 1.87 bits per heavy atom. The molecule has 30 heavy (non-hydrogen) atoms. The minimum Gasteiger partial charge on any atom is -0.462 e. The van der Waals surface area contributed by atoms with Gasteiger partial charge in [0.05, 0.1) is 36.5 Å². The van der Waals surface area contributed by atoms with Crippen molar-refractivity contribution in [1.29, 1.82) is 0 Å². The molecule has 0 aliphatic heterocycles. The first-order valence-corrected chi connectivity index (χ1v) is 10.6. The van der Waals surface area contributed by atoms with Crippen LogP contribution in [0.15, 0.2) is 35.4 Å². The summed E-state index contributed by atoms with van der Waals surface area (Å²) in [6, 6.07) is 6.93. The van der Waals surface area contributed by atoms with Gasteiger partial charge in [0, 0.05) is 0 Å². The maximum atomic E-state index is 13.0. The molecule has 0 N–H and O–H groups in total. The molecule has 0 aliphatic rings. The van der Waals surface area contributed by atoms with Crippen LogP contribution in [0.25, 0.3) is 10.2 Å². The number of hydrogen-bond donors (Lipinski definition) is 0. The summed E-state index contributed by atoms with van der Waals surface area (Å²) in [4.78, 5) is 42.5. The van der Waals surface area contributed by atoms with Gasteiger partial charge in [0.1, 0.15) is 9.71 Å². The Morgan fingerprint density at radius 1 is 1.17 bits per heavy atom. The number of carbonyl (C=O) groups is 2. The van der Waals surface area contributed by atoms with E-state index in [9.17, 15) is 14.4 Å². The summed E-state index contributed by atoms with van der Waals surface area (Å²) in [5, 5.41) is 0.429. The number of nitrogens with zero attached hydrogens (tertiary/aromatic N) is 2. The van der Waals surface area contributed by atoms with Gasteiger partial charge < -0.3 is 9.47 Å². The number of thiophene rings is 1. The van der Waals surface area contributed by atoms with Crippen molar-refractivity contribution in [2.45, 2.75) is 46.8 Å². The number of aryl methyl sites for hydroxylation is 1. The fourth-order valence-corrected chi connectivity index (χ4v) is 3.98. The second kappa shape index (κ2) is 9.21. The molecule has 0 spiro atoms. The van der Waals surface area contributed by atoms with E-state index in [1.807, 2.05) is 6.92 Å². The van der Waals surface area contributed by atoms with Crippen LogP contribution in [-0.2, 0) is 16.0 Å². The Kier molecular flexibility index (Phi) is 6.66. The molecule has 158 valence electrons. The molecule has 0 atom stereocenters. The second-order valence-corrected chi connectivity index (χ2v) is 8.20. The fourth-order valence-electron chi connectivity index (χ4n) is 2.96. The van der Waals surface area contributed by atoms with Crippen molar-refractivity contribution in [1.82, 2.24) is 9.55 Å². The lowest BCUT2D eigenvalue weighted by molar-refractivity contribution is 0.0382. The highest BCUT2D eigenvalue weighted by molar-refractivity contribution is 7.20. The van der Waals surface area contributed by atoms with Gasteiger partial charge in [0.25, 0.3) is 5.56 Å². The van der Waals surface area contributed by atoms with E-state index in [1.54, 1.807) is 45.0 Å². The van der Waals surface area contributed by atoms with Crippen molar-refractivity contribution in [2.75, 3.05) is 6.61 Å². The van der Waals surface area contributed by atoms with Crippen molar-refractivity contribution < 1.29 is 19.1 Å². The number of rotatable bonds is 7. The lowest BCUT2D eigenvalue weighted by Gasteiger charge is -2.07. The molecule has 7 nitrogen and oxygen atoms in total. The van der Waals surface area contributed by atoms with E-state index < -0.39 is 5.97 Å². The summed E-state index contributed by atoms with van der Waals surface area (Å²) >= 11 is 1.16. The minimum atomic E-state index is -0.443. The lowest BCUT2D eigenvalue weighted by Crippen LogP contribution is -2.21. The number of carbonyl (C=O) groups excluding carboxylic acids is 2. The van der Waals surface area contributed by atoms with Gasteiger partial charge >= 0.3 is 11.9 Å². The van der Waals surface area contributed by atoms with Crippen LogP contribution in [-0.4, -0.2) is 34.2 Å². The Bertz CT molecular complexity index is 1130. The Balaban J connectivity index is 1.86. The van der Waals surface area contributed by atoms with Gasteiger partial charge in [-0.1, -0.05) is 19.1 Å². The molecular weight excluding hydrogens is 404 g/mol. The summed E-state index contributed by atoms with van der Waals surface area (Å²) in [6.07, 6.45) is 2.00. The van der Waals surface area contributed by atoms with Crippen molar-refractivity contribution in [2.24, 2.45) is 0 Å². The molecule has 2 aromatic heterocycles. The molecular formula is C22H24N2O5S. The van der Waals surface area contributed by atoms with Gasteiger partial charge in [-0.05, 0) is 50.5 Å². The van der Waals surface area contributed by atoms with E-state index in [4.69, 9.17) is 9.47 Å². The fraction of sp³-hybridized carbons (Fsp3) is 0.364. The first-order valence-electron chi connectivity index (χ1n) is 9.77. The normalized spacial score (nSPS) is 11.1. The number of fused-ring (bicyclic) bond motifs is 1. The average Bonchev–Trinajstić information content (AvgIpc) is 3.05. The van der Waals surface area contributed by atoms with E-state index in [2.05, 4.69) is 4.98 Å². The first-order chi connectivity index (χ1) is 14.3. The number of benzene rings is 1. The van der Waals surface area contributed by atoms with E-state index in [0.717, 1.165) is 23.3 Å². The molecule has 8 heteroatoms. The highest BCUT2D eigenvalue weighted by Gasteiger charge is 2.21. The summed E-state index contributed by atoms with van der Waals surface area (Å²) in [5.41, 5.74) is 1.68. The van der Waals surface area contributed by atoms with Crippen LogP contribution in [0.4, 0.5) is 0 Å². The number of hydrogen-bond acceptors (Lipinski definition) is 7. The van der Waals surface area contributed by atoms with E-state index in [-0.39, 0.29) is 17.6 Å². The van der Waals surface area contributed by atoms with Crippen LogP contribution in [0, 0.1) is 6.92 Å². The topological polar surface area (TPSA) is 87.5 Å². The predicted octanol–water partition coefficient (Wildman–Crippen LogP) is 3.95. The number of esters is 2. The Morgan fingerprint density at radius 3 is 2.50 bits per heavy atom. The largest absolute Gasteiger partial charge is 0.462 e.